The number of fused-ring (bicyclic) bond motifs is 2. The lowest BCUT2D eigenvalue weighted by atomic mass is 9.89. The smallest absolute Gasteiger partial charge is 0.336 e. The molecule has 9 N–H and O–H groups in total. The molecule has 0 radical (unpaired) electrons. The predicted octanol–water partition coefficient (Wildman–Crippen LogP) is -0.155. The van der Waals surface area contributed by atoms with Crippen LogP contribution in [0.25, 0.3) is 33.4 Å². The molecule has 21 nitrogen and oxygen atoms in total. The standard InChI is InChI=1S/C34H35N5O16S3/c35-23-10-8-20-28(21-9-11-24(36)32(58(51,52)53)30(21)54-29(20)31(23)57(49,50)38-15-4-16-56(46,47)48)22-17-18(6-7-19(22)34(44)45)33(43)37-14-3-1-2-5-27(42)55-39-25(40)12-13-26(39)41/h6-11,17,35,38H,1-5,12-16,36H2,(H,37,43)(H,44,45)(H,46,47,48)(H,51,52,53)/p+1. The fraction of sp³-hybridized carbons (Fsp3) is 0.294. The van der Waals surface area contributed by atoms with Crippen LogP contribution in [-0.4, -0.2) is 93.0 Å². The Bertz CT molecular complexity index is 2720. The van der Waals surface area contributed by atoms with E-state index in [1.165, 1.54) is 18.2 Å². The molecule has 0 unspecified atom stereocenters. The zero-order valence-corrected chi connectivity index (χ0v) is 32.5. The van der Waals surface area contributed by atoms with Gasteiger partial charge in [-0.3, -0.25) is 28.9 Å². The van der Waals surface area contributed by atoms with E-state index in [4.69, 9.17) is 25.0 Å². The third-order valence-electron chi connectivity index (χ3n) is 8.75. The van der Waals surface area contributed by atoms with Gasteiger partial charge in [-0.2, -0.15) is 16.8 Å². The number of aromatic carboxylic acids is 1. The monoisotopic (exact) mass is 866 g/mol. The van der Waals surface area contributed by atoms with Crippen LogP contribution in [0.5, 0.6) is 0 Å². The van der Waals surface area contributed by atoms with Crippen LogP contribution in [0.2, 0.25) is 0 Å². The highest BCUT2D eigenvalue weighted by Gasteiger charge is 2.35. The molecule has 0 aromatic heterocycles. The number of carboxylic acid groups (broad SMARTS) is 1. The molecule has 2 heterocycles. The van der Waals surface area contributed by atoms with Gasteiger partial charge in [-0.1, -0.05) is 6.42 Å². The summed E-state index contributed by atoms with van der Waals surface area (Å²) >= 11 is 0. The molecule has 310 valence electrons. The minimum Gasteiger partial charge on any atom is -0.478 e. The fourth-order valence-corrected chi connectivity index (χ4v) is 8.72. The number of nitrogens with two attached hydrogens (primary N) is 2. The Labute approximate surface area is 329 Å². The maximum Gasteiger partial charge on any atom is 0.336 e. The van der Waals surface area contributed by atoms with E-state index in [0.29, 0.717) is 24.3 Å². The highest BCUT2D eigenvalue weighted by molar-refractivity contribution is 7.89. The number of nitrogens with zero attached hydrogens (tertiary/aromatic N) is 1. The molecule has 1 aliphatic carbocycles. The molecule has 2 aromatic rings. The van der Waals surface area contributed by atoms with Crippen molar-refractivity contribution in [1.82, 2.24) is 15.1 Å². The molecule has 2 aliphatic heterocycles. The molecule has 3 aliphatic rings. The SMILES string of the molecule is Nc1ccc2c(-c3cc(C(=O)NCCCCCC(=O)ON4C(=O)CCC4=O)ccc3C(=O)O)c3ccc(=[NH2+])c(S(=O)(=O)NCCCS(=O)(=O)O)c-3oc2c1S(=O)(=O)O. The number of benzene rings is 3. The second kappa shape index (κ2) is 17.0. The van der Waals surface area contributed by atoms with Gasteiger partial charge in [-0.25, -0.2) is 22.7 Å². The summed E-state index contributed by atoms with van der Waals surface area (Å²) in [6.45, 7) is -0.449. The number of unbranched alkanes of at least 4 members (excludes halogenated alkanes) is 2. The van der Waals surface area contributed by atoms with E-state index in [1.54, 1.807) is 0 Å². The van der Waals surface area contributed by atoms with Gasteiger partial charge in [0.05, 0.1) is 17.0 Å². The van der Waals surface area contributed by atoms with E-state index in [9.17, 15) is 58.9 Å². The van der Waals surface area contributed by atoms with Gasteiger partial charge in [0.15, 0.2) is 21.1 Å². The number of sulfonamides is 1. The zero-order valence-electron chi connectivity index (χ0n) is 30.1. The lowest BCUT2D eigenvalue weighted by molar-refractivity contribution is -0.197. The number of anilines is 1. The van der Waals surface area contributed by atoms with Crippen molar-refractivity contribution >= 4 is 76.6 Å². The Morgan fingerprint density at radius 2 is 1.55 bits per heavy atom. The lowest BCUT2D eigenvalue weighted by Gasteiger charge is -2.20. The van der Waals surface area contributed by atoms with Crippen molar-refractivity contribution in [2.24, 2.45) is 0 Å². The number of hydroxylamine groups is 2. The van der Waals surface area contributed by atoms with Gasteiger partial charge in [0.2, 0.25) is 5.36 Å². The third kappa shape index (κ3) is 9.66. The molecular weight excluding hydrogens is 831 g/mol. The molecule has 1 saturated heterocycles. The Morgan fingerprint density at radius 3 is 2.19 bits per heavy atom. The number of carbonyl (C=O) groups is 5. The fourth-order valence-electron chi connectivity index (χ4n) is 6.13. The molecule has 2 aromatic carbocycles. The number of hydrogen-bond donors (Lipinski definition) is 7. The van der Waals surface area contributed by atoms with Gasteiger partial charge in [0.1, 0.15) is 0 Å². The van der Waals surface area contributed by atoms with Crippen LogP contribution in [0.1, 0.15) is 65.7 Å². The number of nitrogen functional groups attached to an aromatic ring is 1. The zero-order chi connectivity index (χ0) is 42.7. The van der Waals surface area contributed by atoms with Crippen molar-refractivity contribution < 1.29 is 78.1 Å². The predicted molar refractivity (Wildman–Crippen MR) is 199 cm³/mol. The van der Waals surface area contributed by atoms with Gasteiger partial charge in [-0.05, 0) is 61.2 Å². The normalized spacial score (nSPS) is 13.7. The van der Waals surface area contributed by atoms with Gasteiger partial charge >= 0.3 is 11.9 Å². The highest BCUT2D eigenvalue weighted by atomic mass is 32.2. The summed E-state index contributed by atoms with van der Waals surface area (Å²) in [7, 11) is -14.4. The molecule has 24 heteroatoms. The molecule has 58 heavy (non-hydrogen) atoms. The van der Waals surface area contributed by atoms with E-state index in [0.717, 1.165) is 24.3 Å². The van der Waals surface area contributed by atoms with Crippen LogP contribution in [0.4, 0.5) is 5.69 Å². The summed E-state index contributed by atoms with van der Waals surface area (Å²) in [5.41, 5.74) is 3.56. The average Bonchev–Trinajstić information content (AvgIpc) is 3.44. The Balaban J connectivity index is 1.51. The highest BCUT2D eigenvalue weighted by Crippen LogP contribution is 2.45. The molecule has 0 bridgehead atoms. The first-order valence-electron chi connectivity index (χ1n) is 17.2. The van der Waals surface area contributed by atoms with E-state index < -0.39 is 110 Å². The molecule has 5 rings (SSSR count). The quantitative estimate of drug-likeness (QED) is 0.0238. The van der Waals surface area contributed by atoms with Crippen LogP contribution < -0.4 is 26.5 Å². The molecule has 0 spiro atoms. The van der Waals surface area contributed by atoms with E-state index in [1.807, 2.05) is 0 Å². The van der Waals surface area contributed by atoms with Crippen molar-refractivity contribution in [3.8, 4) is 22.5 Å². The summed E-state index contributed by atoms with van der Waals surface area (Å²) in [5.74, 6) is -5.66. The third-order valence-corrected chi connectivity index (χ3v) is 12.0. The topological polar surface area (TPSA) is 350 Å². The van der Waals surface area contributed by atoms with E-state index in [2.05, 4.69) is 10.0 Å². The summed E-state index contributed by atoms with van der Waals surface area (Å²) in [5, 5.41) is 18.8. The van der Waals surface area contributed by atoms with Crippen LogP contribution in [0.3, 0.4) is 0 Å². The van der Waals surface area contributed by atoms with Crippen molar-refractivity contribution in [2.75, 3.05) is 24.6 Å². The minimum atomic E-state index is -5.23. The van der Waals surface area contributed by atoms with Crippen LogP contribution in [0, 0.1) is 0 Å². The Kier molecular flexibility index (Phi) is 12.7. The number of nitrogens with one attached hydrogen (secondary N) is 2. The summed E-state index contributed by atoms with van der Waals surface area (Å²) < 4.78 is 102. The number of hydrogen-bond acceptors (Lipinski definition) is 14. The van der Waals surface area contributed by atoms with Crippen molar-refractivity contribution in [3.63, 3.8) is 0 Å². The van der Waals surface area contributed by atoms with Gasteiger partial charge in [0.25, 0.3) is 48.0 Å². The van der Waals surface area contributed by atoms with E-state index in [-0.39, 0.29) is 59.9 Å². The molecular formula is C34H36N5O16S3+. The number of rotatable bonds is 17. The first kappa shape index (κ1) is 43.3. The van der Waals surface area contributed by atoms with Gasteiger partial charge in [0, 0.05) is 60.5 Å². The van der Waals surface area contributed by atoms with Crippen LogP contribution in [-0.2, 0) is 49.5 Å². The van der Waals surface area contributed by atoms with Crippen molar-refractivity contribution in [3.05, 3.63) is 58.9 Å². The van der Waals surface area contributed by atoms with E-state index >= 15 is 0 Å². The van der Waals surface area contributed by atoms with Crippen LogP contribution in [0.15, 0.2) is 56.7 Å². The van der Waals surface area contributed by atoms with Crippen molar-refractivity contribution in [1.29, 1.82) is 0 Å². The summed E-state index contributed by atoms with van der Waals surface area (Å²) in [4.78, 5) is 64.4. The first-order chi connectivity index (χ1) is 27.1. The number of carbonyl (C=O) groups excluding carboxylic acids is 4. The number of amides is 3. The van der Waals surface area contributed by atoms with Gasteiger partial charge < -0.3 is 25.4 Å². The maximum absolute atomic E-state index is 13.7. The largest absolute Gasteiger partial charge is 0.478 e. The minimum absolute atomic E-state index is 0.0469. The van der Waals surface area contributed by atoms with Crippen LogP contribution >= 0.6 is 0 Å². The number of carboxylic acids is 1. The average molecular weight is 867 g/mol. The molecule has 3 amide bonds. The second-order valence-corrected chi connectivity index (χ2v) is 17.5. The summed E-state index contributed by atoms with van der Waals surface area (Å²) in [6, 6.07) is 8.12. The first-order valence-corrected chi connectivity index (χ1v) is 21.7. The number of imide groups is 1. The molecule has 0 atom stereocenters. The lowest BCUT2D eigenvalue weighted by Crippen LogP contribution is -2.49. The molecule has 0 saturated carbocycles. The molecule has 1 fully saturated rings. The van der Waals surface area contributed by atoms with Crippen molar-refractivity contribution in [2.45, 2.75) is 54.7 Å². The Hall–Kier alpha value is -5.79. The van der Waals surface area contributed by atoms with Gasteiger partial charge in [-0.15, -0.1) is 5.06 Å². The Morgan fingerprint density at radius 1 is 0.862 bits per heavy atom. The summed E-state index contributed by atoms with van der Waals surface area (Å²) in [6.07, 6.45) is 0.477. The maximum atomic E-state index is 13.7. The second-order valence-electron chi connectivity index (χ2n) is 12.9.